The van der Waals surface area contributed by atoms with Crippen LogP contribution in [0.1, 0.15) is 67.4 Å². The van der Waals surface area contributed by atoms with Gasteiger partial charge >= 0.3 is 0 Å². The van der Waals surface area contributed by atoms with Crippen molar-refractivity contribution in [3.63, 3.8) is 0 Å². The van der Waals surface area contributed by atoms with Gasteiger partial charge in [-0.1, -0.05) is 89.3 Å². The topological polar surface area (TPSA) is 81.2 Å². The second-order valence-corrected chi connectivity index (χ2v) is 17.0. The molecule has 1 aromatic carbocycles. The molecule has 43 heavy (non-hydrogen) atoms. The van der Waals surface area contributed by atoms with E-state index in [0.717, 1.165) is 12.0 Å². The van der Waals surface area contributed by atoms with E-state index in [9.17, 15) is 19.5 Å². The number of amides is 3. The maximum Gasteiger partial charge on any atom is 0.247 e. The first-order valence-corrected chi connectivity index (χ1v) is 16.5. The number of rotatable bonds is 7. The van der Waals surface area contributed by atoms with E-state index in [0.29, 0.717) is 19.6 Å². The van der Waals surface area contributed by atoms with E-state index in [4.69, 9.17) is 0 Å². The van der Waals surface area contributed by atoms with Gasteiger partial charge in [0.25, 0.3) is 0 Å². The van der Waals surface area contributed by atoms with E-state index in [1.165, 1.54) is 0 Å². The summed E-state index contributed by atoms with van der Waals surface area (Å²) in [4.78, 5) is 49.8. The van der Waals surface area contributed by atoms with E-state index in [-0.39, 0.29) is 35.7 Å². The molecular weight excluding hydrogens is 558 g/mol. The number of hydrogen-bond donors (Lipinski definition) is 1. The number of carbonyl (C=O) groups excluding carboxylic acids is 3. The third-order valence-corrected chi connectivity index (χ3v) is 11.6. The highest BCUT2D eigenvalue weighted by molar-refractivity contribution is 8.02. The van der Waals surface area contributed by atoms with Crippen LogP contribution < -0.4 is 0 Å². The van der Waals surface area contributed by atoms with Crippen molar-refractivity contribution in [2.75, 3.05) is 19.7 Å². The highest BCUT2D eigenvalue weighted by atomic mass is 32.2. The Morgan fingerprint density at radius 2 is 1.58 bits per heavy atom. The van der Waals surface area contributed by atoms with Gasteiger partial charge in [-0.25, -0.2) is 0 Å². The first-order valence-electron chi connectivity index (χ1n) is 15.7. The highest BCUT2D eigenvalue weighted by Gasteiger charge is 2.75. The molecule has 4 aliphatic heterocycles. The van der Waals surface area contributed by atoms with Crippen LogP contribution in [-0.4, -0.2) is 84.3 Å². The Morgan fingerprint density at radius 1 is 0.930 bits per heavy atom. The molecule has 0 saturated carbocycles. The largest absolute Gasteiger partial charge is 0.394 e. The molecule has 4 heterocycles. The lowest BCUT2D eigenvalue weighted by Gasteiger charge is -2.46. The molecule has 3 amide bonds. The number of likely N-dealkylation sites (tertiary alicyclic amines) is 1. The summed E-state index contributed by atoms with van der Waals surface area (Å²) < 4.78 is -1.60. The van der Waals surface area contributed by atoms with Gasteiger partial charge in [-0.2, -0.15) is 0 Å². The summed E-state index contributed by atoms with van der Waals surface area (Å²) in [6.07, 6.45) is 9.06. The molecule has 5 rings (SSSR count). The van der Waals surface area contributed by atoms with Crippen LogP contribution in [0.2, 0.25) is 0 Å². The summed E-state index contributed by atoms with van der Waals surface area (Å²) in [7, 11) is 0. The zero-order valence-corrected chi connectivity index (χ0v) is 27.9. The molecule has 6 atom stereocenters. The van der Waals surface area contributed by atoms with Crippen molar-refractivity contribution in [3.8, 4) is 0 Å². The maximum atomic E-state index is 14.9. The Morgan fingerprint density at radius 3 is 2.19 bits per heavy atom. The predicted molar refractivity (Wildman–Crippen MR) is 172 cm³/mol. The fourth-order valence-electron chi connectivity index (χ4n) is 8.37. The molecule has 0 aromatic heterocycles. The lowest BCUT2D eigenvalue weighted by Crippen LogP contribution is -2.61. The number of hydrogen-bond acceptors (Lipinski definition) is 5. The molecule has 0 bridgehead atoms. The monoisotopic (exact) mass is 607 g/mol. The van der Waals surface area contributed by atoms with E-state index >= 15 is 0 Å². The first-order chi connectivity index (χ1) is 20.1. The van der Waals surface area contributed by atoms with Crippen LogP contribution in [0.25, 0.3) is 0 Å². The van der Waals surface area contributed by atoms with Crippen molar-refractivity contribution in [1.29, 1.82) is 0 Å². The van der Waals surface area contributed by atoms with Crippen LogP contribution >= 0.6 is 11.8 Å². The molecule has 0 aliphatic carbocycles. The minimum atomic E-state index is -0.932. The van der Waals surface area contributed by atoms with Crippen molar-refractivity contribution in [1.82, 2.24) is 14.7 Å². The van der Waals surface area contributed by atoms with Crippen LogP contribution in [0.5, 0.6) is 0 Å². The van der Waals surface area contributed by atoms with Crippen molar-refractivity contribution in [2.24, 2.45) is 23.2 Å². The van der Waals surface area contributed by atoms with E-state index in [1.54, 1.807) is 16.7 Å². The lowest BCUT2D eigenvalue weighted by atomic mass is 9.74. The number of benzene rings is 1. The number of thioether (sulfide) groups is 1. The van der Waals surface area contributed by atoms with Gasteiger partial charge in [0.2, 0.25) is 17.7 Å². The Kier molecular flexibility index (Phi) is 8.21. The van der Waals surface area contributed by atoms with Gasteiger partial charge in [-0.05, 0) is 44.1 Å². The quantitative estimate of drug-likeness (QED) is 0.446. The van der Waals surface area contributed by atoms with Crippen molar-refractivity contribution < 1.29 is 19.5 Å². The van der Waals surface area contributed by atoms with Crippen LogP contribution in [0, 0.1) is 23.2 Å². The fraction of sp³-hybridized carbons (Fsp3) is 0.629. The minimum absolute atomic E-state index is 0.0149. The number of nitrogens with zero attached hydrogens (tertiary/aromatic N) is 3. The Labute approximate surface area is 261 Å². The number of aliphatic hydroxyl groups excluding tert-OH is 1. The average molecular weight is 608 g/mol. The zero-order valence-electron chi connectivity index (χ0n) is 27.0. The Balaban J connectivity index is 1.63. The molecule has 0 radical (unpaired) electrons. The molecule has 1 N–H and O–H groups in total. The second kappa shape index (κ2) is 11.1. The molecule has 234 valence electrons. The minimum Gasteiger partial charge on any atom is -0.394 e. The van der Waals surface area contributed by atoms with Crippen molar-refractivity contribution >= 4 is 29.5 Å². The third-order valence-electron chi connectivity index (χ3n) is 9.80. The van der Waals surface area contributed by atoms with Crippen LogP contribution in [0.15, 0.2) is 54.6 Å². The summed E-state index contributed by atoms with van der Waals surface area (Å²) >= 11 is 1.60. The molecule has 2 fully saturated rings. The fourth-order valence-corrected chi connectivity index (χ4v) is 10.5. The summed E-state index contributed by atoms with van der Waals surface area (Å²) in [6, 6.07) is 8.57. The third kappa shape index (κ3) is 5.37. The van der Waals surface area contributed by atoms with Gasteiger partial charge in [-0.3, -0.25) is 14.4 Å². The number of fused-ring (bicyclic) bond motifs is 2. The second-order valence-electron chi connectivity index (χ2n) is 15.2. The molecule has 8 heteroatoms. The molecular formula is C35H49N3O4S. The van der Waals surface area contributed by atoms with Crippen molar-refractivity contribution in [2.45, 2.75) is 95.5 Å². The van der Waals surface area contributed by atoms with Gasteiger partial charge in [0.15, 0.2) is 0 Å². The zero-order chi connectivity index (χ0) is 31.5. The Bertz CT molecular complexity index is 1320. The van der Waals surface area contributed by atoms with Gasteiger partial charge < -0.3 is 19.8 Å². The molecule has 2 saturated heterocycles. The van der Waals surface area contributed by atoms with E-state index in [1.807, 2.05) is 60.1 Å². The molecule has 7 nitrogen and oxygen atoms in total. The molecule has 1 unspecified atom stereocenters. The van der Waals surface area contributed by atoms with Crippen LogP contribution in [0.4, 0.5) is 0 Å². The first kappa shape index (κ1) is 31.8. The van der Waals surface area contributed by atoms with Gasteiger partial charge in [-0.15, -0.1) is 11.8 Å². The normalized spacial score (nSPS) is 31.7. The lowest BCUT2D eigenvalue weighted by molar-refractivity contribution is -0.150. The van der Waals surface area contributed by atoms with E-state index < -0.39 is 39.0 Å². The molecule has 1 aromatic rings. The predicted octanol–water partition coefficient (Wildman–Crippen LogP) is 4.90. The molecule has 1 spiro atoms. The Hall–Kier alpha value is -2.58. The smallest absolute Gasteiger partial charge is 0.247 e. The van der Waals surface area contributed by atoms with Crippen LogP contribution in [-0.2, 0) is 20.9 Å². The van der Waals surface area contributed by atoms with Gasteiger partial charge in [0.1, 0.15) is 6.04 Å². The summed E-state index contributed by atoms with van der Waals surface area (Å²) in [6.45, 7) is 17.9. The van der Waals surface area contributed by atoms with Gasteiger partial charge in [0.05, 0.1) is 29.2 Å². The van der Waals surface area contributed by atoms with Crippen LogP contribution in [0.3, 0.4) is 0 Å². The number of carbonyl (C=O) groups is 3. The number of aliphatic hydroxyl groups is 1. The molecule has 4 aliphatic rings. The standard InChI is InChI=1S/C35H49N3O4S/c1-23(2)25(21-39)38-28-31(42)37(33(6,7)22-32(3,4)5)19-13-17-35(28)27(30(38)41)26-29(40)36(18-12-16-34(26,8)43-35)20-24-14-10-9-11-15-24/h9-17,23,25-28,39H,18-22H2,1-8H3/t25-,26-,27-,28?,34+,35-/m0/s1. The van der Waals surface area contributed by atoms with E-state index in [2.05, 4.69) is 59.8 Å². The summed E-state index contributed by atoms with van der Waals surface area (Å²) in [5.74, 6) is -1.79. The highest BCUT2D eigenvalue weighted by Crippen LogP contribution is 2.66. The SMILES string of the molecule is CC(C)[C@H](CO)N1C(=O)[C@@H]2[C@H]3C(=O)N(Cc4ccccc4)CC=C[C@@]3(C)S[C@@]23C=CCN(C(C)(C)CC(C)(C)C)C(=O)C13. The maximum absolute atomic E-state index is 14.9. The summed E-state index contributed by atoms with van der Waals surface area (Å²) in [5, 5.41) is 10.6. The average Bonchev–Trinajstić information content (AvgIpc) is 3.16. The van der Waals surface area contributed by atoms with Crippen molar-refractivity contribution in [3.05, 3.63) is 60.2 Å². The summed E-state index contributed by atoms with van der Waals surface area (Å²) in [5.41, 5.74) is 0.551. The van der Waals surface area contributed by atoms with Gasteiger partial charge in [0, 0.05) is 29.9 Å².